The molecule has 0 aromatic carbocycles. The molecular formula is C8H18N2O2S. The molecule has 0 fully saturated rings. The summed E-state index contributed by atoms with van der Waals surface area (Å²) in [5.74, 6) is -0.0630. The van der Waals surface area contributed by atoms with Gasteiger partial charge in [0.15, 0.2) is 0 Å². The quantitative estimate of drug-likeness (QED) is 0.641. The van der Waals surface area contributed by atoms with Crippen LogP contribution in [-0.2, 0) is 15.6 Å². The molecule has 0 spiro atoms. The van der Waals surface area contributed by atoms with E-state index in [9.17, 15) is 9.00 Å². The van der Waals surface area contributed by atoms with Gasteiger partial charge in [0.1, 0.15) is 0 Å². The highest BCUT2D eigenvalue weighted by Gasteiger charge is 2.19. The summed E-state index contributed by atoms with van der Waals surface area (Å²) >= 11 is 0. The van der Waals surface area contributed by atoms with Gasteiger partial charge in [-0.2, -0.15) is 0 Å². The maximum atomic E-state index is 11.4. The van der Waals surface area contributed by atoms with Gasteiger partial charge in [0, 0.05) is 33.8 Å². The Balaban J connectivity index is 3.96. The molecule has 13 heavy (non-hydrogen) atoms. The molecule has 4 N–H and O–H groups in total. The van der Waals surface area contributed by atoms with E-state index in [4.69, 9.17) is 11.5 Å². The highest BCUT2D eigenvalue weighted by Crippen LogP contribution is 2.04. The van der Waals surface area contributed by atoms with Crippen LogP contribution in [0, 0.1) is 5.92 Å². The topological polar surface area (TPSA) is 86.2 Å². The molecule has 4 nitrogen and oxygen atoms in total. The van der Waals surface area contributed by atoms with E-state index in [0.29, 0.717) is 11.5 Å². The zero-order valence-electron chi connectivity index (χ0n) is 8.37. The lowest BCUT2D eigenvalue weighted by Gasteiger charge is -2.18. The second-order valence-electron chi connectivity index (χ2n) is 4.04. The van der Waals surface area contributed by atoms with Crippen molar-refractivity contribution >= 4 is 16.7 Å². The van der Waals surface area contributed by atoms with Crippen LogP contribution in [0.1, 0.15) is 20.8 Å². The highest BCUT2D eigenvalue weighted by atomic mass is 32.2. The number of nitrogens with two attached hydrogens (primary N) is 2. The van der Waals surface area contributed by atoms with Crippen molar-refractivity contribution in [2.45, 2.75) is 26.3 Å². The summed E-state index contributed by atoms with van der Waals surface area (Å²) in [5.41, 5.74) is 10.3. The van der Waals surface area contributed by atoms with Gasteiger partial charge in [0.2, 0.25) is 5.91 Å². The summed E-state index contributed by atoms with van der Waals surface area (Å²) in [4.78, 5) is 10.7. The average Bonchev–Trinajstić information content (AvgIpc) is 1.81. The van der Waals surface area contributed by atoms with Crippen LogP contribution in [-0.4, -0.2) is 27.2 Å². The van der Waals surface area contributed by atoms with Crippen molar-refractivity contribution in [1.29, 1.82) is 0 Å². The first-order valence-electron chi connectivity index (χ1n) is 4.15. The zero-order valence-corrected chi connectivity index (χ0v) is 9.19. The van der Waals surface area contributed by atoms with Crippen LogP contribution in [0.3, 0.4) is 0 Å². The Labute approximate surface area is 81.5 Å². The molecule has 0 aromatic rings. The third-order valence-electron chi connectivity index (χ3n) is 1.45. The Kier molecular flexibility index (Phi) is 4.56. The summed E-state index contributed by atoms with van der Waals surface area (Å²) in [6, 6.07) is 0. The Hall–Kier alpha value is -0.420. The molecule has 2 unspecified atom stereocenters. The first kappa shape index (κ1) is 12.6. The first-order valence-corrected chi connectivity index (χ1v) is 5.64. The minimum atomic E-state index is -1.07. The van der Waals surface area contributed by atoms with E-state index >= 15 is 0 Å². The molecule has 0 radical (unpaired) electrons. The van der Waals surface area contributed by atoms with Gasteiger partial charge in [-0.15, -0.1) is 0 Å². The molecule has 0 aliphatic rings. The van der Waals surface area contributed by atoms with E-state index < -0.39 is 22.2 Å². The molecule has 0 saturated heterocycles. The van der Waals surface area contributed by atoms with Crippen LogP contribution < -0.4 is 11.5 Å². The summed E-state index contributed by atoms with van der Waals surface area (Å²) in [5, 5.41) is 0. The molecule has 0 aliphatic heterocycles. The Morgan fingerprint density at radius 3 is 2.31 bits per heavy atom. The Morgan fingerprint density at radius 1 is 1.54 bits per heavy atom. The largest absolute Gasteiger partial charge is 0.369 e. The number of hydrogen-bond acceptors (Lipinski definition) is 3. The second kappa shape index (κ2) is 4.72. The summed E-state index contributed by atoms with van der Waals surface area (Å²) < 4.78 is 11.4. The van der Waals surface area contributed by atoms with Gasteiger partial charge in [-0.3, -0.25) is 9.00 Å². The molecule has 2 atom stereocenters. The number of carbonyl (C=O) groups is 1. The monoisotopic (exact) mass is 206 g/mol. The number of primary amides is 1. The average molecular weight is 206 g/mol. The molecule has 0 rings (SSSR count). The minimum absolute atomic E-state index is 0.302. The van der Waals surface area contributed by atoms with Crippen molar-refractivity contribution < 1.29 is 9.00 Å². The standard InChI is InChI=1S/C8H18N2O2S/c1-6(7(9)11)4-13(12)5-8(2,3)10/h6H,4-5,10H2,1-3H3,(H2,9,11). The number of hydrogen-bond donors (Lipinski definition) is 2. The lowest BCUT2D eigenvalue weighted by molar-refractivity contribution is -0.120. The van der Waals surface area contributed by atoms with Crippen molar-refractivity contribution in [1.82, 2.24) is 0 Å². The van der Waals surface area contributed by atoms with Gasteiger partial charge in [-0.1, -0.05) is 6.92 Å². The third-order valence-corrected chi connectivity index (χ3v) is 3.39. The van der Waals surface area contributed by atoms with E-state index in [0.717, 1.165) is 0 Å². The van der Waals surface area contributed by atoms with Gasteiger partial charge < -0.3 is 11.5 Å². The summed E-state index contributed by atoms with van der Waals surface area (Å²) in [6.07, 6.45) is 0. The predicted molar refractivity (Wildman–Crippen MR) is 54.5 cm³/mol. The fourth-order valence-electron chi connectivity index (χ4n) is 0.835. The van der Waals surface area contributed by atoms with Crippen LogP contribution in [0.25, 0.3) is 0 Å². The van der Waals surface area contributed by atoms with E-state index in [1.54, 1.807) is 20.8 Å². The van der Waals surface area contributed by atoms with Crippen LogP contribution in [0.5, 0.6) is 0 Å². The van der Waals surface area contributed by atoms with Crippen LogP contribution in [0.15, 0.2) is 0 Å². The molecule has 0 saturated carbocycles. The van der Waals surface area contributed by atoms with E-state index in [1.165, 1.54) is 0 Å². The van der Waals surface area contributed by atoms with Crippen LogP contribution in [0.4, 0.5) is 0 Å². The lowest BCUT2D eigenvalue weighted by atomic mass is 10.1. The van der Waals surface area contributed by atoms with Gasteiger partial charge in [0.25, 0.3) is 0 Å². The van der Waals surface area contributed by atoms with E-state index in [1.807, 2.05) is 0 Å². The highest BCUT2D eigenvalue weighted by molar-refractivity contribution is 7.85. The minimum Gasteiger partial charge on any atom is -0.369 e. The Morgan fingerprint density at radius 2 is 2.00 bits per heavy atom. The molecular weight excluding hydrogens is 188 g/mol. The van der Waals surface area contributed by atoms with Crippen molar-refractivity contribution in [3.05, 3.63) is 0 Å². The van der Waals surface area contributed by atoms with Crippen molar-refractivity contribution in [3.8, 4) is 0 Å². The molecule has 1 amide bonds. The molecule has 0 aromatic heterocycles. The van der Waals surface area contributed by atoms with Gasteiger partial charge in [0.05, 0.1) is 0 Å². The molecule has 0 heterocycles. The molecule has 0 aliphatic carbocycles. The van der Waals surface area contributed by atoms with Gasteiger partial charge in [-0.25, -0.2) is 0 Å². The number of amides is 1. The maximum Gasteiger partial charge on any atom is 0.221 e. The fraction of sp³-hybridized carbons (Fsp3) is 0.875. The van der Waals surface area contributed by atoms with Gasteiger partial charge >= 0.3 is 0 Å². The third kappa shape index (κ3) is 6.72. The normalized spacial score (nSPS) is 16.6. The lowest BCUT2D eigenvalue weighted by Crippen LogP contribution is -2.39. The summed E-state index contributed by atoms with van der Waals surface area (Å²) in [7, 11) is -1.07. The first-order chi connectivity index (χ1) is 5.72. The second-order valence-corrected chi connectivity index (χ2v) is 5.54. The van der Waals surface area contributed by atoms with Crippen molar-refractivity contribution in [3.63, 3.8) is 0 Å². The number of carbonyl (C=O) groups excluding carboxylic acids is 1. The smallest absolute Gasteiger partial charge is 0.221 e. The van der Waals surface area contributed by atoms with Crippen molar-refractivity contribution in [2.75, 3.05) is 11.5 Å². The maximum absolute atomic E-state index is 11.4. The molecule has 78 valence electrons. The van der Waals surface area contributed by atoms with Crippen molar-refractivity contribution in [2.24, 2.45) is 17.4 Å². The van der Waals surface area contributed by atoms with Gasteiger partial charge in [-0.05, 0) is 13.8 Å². The zero-order chi connectivity index (χ0) is 10.6. The van der Waals surface area contributed by atoms with Crippen LogP contribution >= 0.6 is 0 Å². The van der Waals surface area contributed by atoms with E-state index in [2.05, 4.69) is 0 Å². The van der Waals surface area contributed by atoms with Crippen LogP contribution in [0.2, 0.25) is 0 Å². The predicted octanol–water partition coefficient (Wildman–Crippen LogP) is -0.406. The number of rotatable bonds is 5. The molecule has 0 bridgehead atoms. The summed E-state index contributed by atoms with van der Waals surface area (Å²) in [6.45, 7) is 5.28. The Bertz CT molecular complexity index is 211. The molecule has 5 heteroatoms. The fourth-order valence-corrected chi connectivity index (χ4v) is 2.50. The SMILES string of the molecule is CC(CS(=O)CC(C)(C)N)C(N)=O. The van der Waals surface area contributed by atoms with E-state index in [-0.39, 0.29) is 5.92 Å².